The molecule has 6 aliphatic carbocycles. The molecule has 6 aliphatic rings. The minimum Gasteiger partial charge on any atom is -0.390 e. The van der Waals surface area contributed by atoms with Gasteiger partial charge >= 0.3 is 0 Å². The summed E-state index contributed by atoms with van der Waals surface area (Å²) in [5.41, 5.74) is 35.5. The zero-order valence-electron chi connectivity index (χ0n) is 45.5. The summed E-state index contributed by atoms with van der Waals surface area (Å²) in [4.78, 5) is 0. The summed E-state index contributed by atoms with van der Waals surface area (Å²) in [6.07, 6.45) is 3.38. The molecule has 0 aliphatic heterocycles. The molecule has 0 atom stereocenters. The van der Waals surface area contributed by atoms with Crippen LogP contribution in [-0.2, 0) is 49.4 Å². The Morgan fingerprint density at radius 1 is 0.195 bits per heavy atom. The van der Waals surface area contributed by atoms with Crippen molar-refractivity contribution in [1.82, 2.24) is 0 Å². The molecular formula is C81H56O. The van der Waals surface area contributed by atoms with E-state index in [0.29, 0.717) is 0 Å². The minimum atomic E-state index is -1.23. The number of benzene rings is 12. The van der Waals surface area contributed by atoms with Crippen molar-refractivity contribution in [3.05, 3.63) is 355 Å². The van der Waals surface area contributed by atoms with Gasteiger partial charge in [0.1, 0.15) is 0 Å². The number of aliphatic hydroxyl groups excluding tert-OH is 1. The summed E-state index contributed by atoms with van der Waals surface area (Å²) in [5.74, 6) is 0. The highest BCUT2D eigenvalue weighted by molar-refractivity contribution is 5.89. The maximum Gasteiger partial charge on any atom is 0.0896 e. The smallest absolute Gasteiger partial charge is 0.0896 e. The van der Waals surface area contributed by atoms with E-state index in [1.807, 2.05) is 0 Å². The molecule has 1 heteroatoms. The highest BCUT2D eigenvalue weighted by Crippen LogP contribution is 2.63. The molecule has 0 aromatic heterocycles. The first-order valence-electron chi connectivity index (χ1n) is 29.5. The van der Waals surface area contributed by atoms with Gasteiger partial charge < -0.3 is 5.11 Å². The molecule has 12 aromatic rings. The second-order valence-corrected chi connectivity index (χ2v) is 24.0. The summed E-state index contributed by atoms with van der Waals surface area (Å²) >= 11 is 0. The van der Waals surface area contributed by atoms with Gasteiger partial charge in [0.25, 0.3) is 0 Å². The van der Waals surface area contributed by atoms with Crippen LogP contribution in [0.2, 0.25) is 0 Å². The second-order valence-electron chi connectivity index (χ2n) is 24.0. The Morgan fingerprint density at radius 3 is 0.537 bits per heavy atom. The first-order chi connectivity index (χ1) is 40.6. The third-order valence-corrected chi connectivity index (χ3v) is 20.5. The molecule has 82 heavy (non-hydrogen) atoms. The topological polar surface area (TPSA) is 20.2 Å². The third kappa shape index (κ3) is 6.11. The SMILES string of the molecule is OC(C(c1cccc2c1Cc1ccccc1-2)(c1cccc2c1Cc1ccccc1-2)c1cccc2c1Cc1ccccc1-2)C(c1cccc2c1Cc1ccccc1-2)(c1cccc2c1Cc1ccccc1-2)c1cccc2c1Cc1ccccc1-2. The maximum absolute atomic E-state index is 16.9. The number of aliphatic hydroxyl groups is 1. The molecule has 0 fully saturated rings. The molecule has 0 saturated heterocycles. The highest BCUT2D eigenvalue weighted by atomic mass is 16.3. The lowest BCUT2D eigenvalue weighted by molar-refractivity contribution is 0.0711. The Labute approximate surface area is 479 Å². The lowest BCUT2D eigenvalue weighted by atomic mass is 9.50. The number of hydrogen-bond donors (Lipinski definition) is 1. The van der Waals surface area contributed by atoms with Gasteiger partial charge in [-0.3, -0.25) is 0 Å². The molecule has 386 valence electrons. The number of fused-ring (bicyclic) bond motifs is 18. The van der Waals surface area contributed by atoms with Crippen molar-refractivity contribution in [3.8, 4) is 66.8 Å². The predicted octanol–water partition coefficient (Wildman–Crippen LogP) is 17.8. The van der Waals surface area contributed by atoms with Gasteiger partial charge in [0, 0.05) is 0 Å². The summed E-state index contributed by atoms with van der Waals surface area (Å²) in [5, 5.41) is 16.9. The van der Waals surface area contributed by atoms with Crippen molar-refractivity contribution >= 4 is 0 Å². The molecule has 0 spiro atoms. The summed E-state index contributed by atoms with van der Waals surface area (Å²) in [6, 6.07) is 97.1. The van der Waals surface area contributed by atoms with E-state index in [4.69, 9.17) is 0 Å². The van der Waals surface area contributed by atoms with E-state index in [0.717, 1.165) is 38.5 Å². The molecule has 0 radical (unpaired) electrons. The number of hydrogen-bond acceptors (Lipinski definition) is 1. The van der Waals surface area contributed by atoms with E-state index in [1.165, 1.54) is 167 Å². The van der Waals surface area contributed by atoms with Gasteiger partial charge in [0.05, 0.1) is 16.9 Å². The fraction of sp³-hybridized carbons (Fsp3) is 0.111. The van der Waals surface area contributed by atoms with Crippen molar-refractivity contribution in [2.45, 2.75) is 55.5 Å². The van der Waals surface area contributed by atoms with E-state index in [9.17, 15) is 0 Å². The average Bonchev–Trinajstić information content (AvgIpc) is 1.73. The standard InChI is InChI=1S/C81H56O/c82-79(80(73-37-13-31-61-55-25-7-1-19-49(55)43-67(61)73,74-38-14-32-62-56-26-8-2-20-50(56)44-68(62)74)75-39-15-33-63-57-27-9-3-21-51(57)45-69(63)75)81(76-40-16-34-64-58-28-10-4-22-52(58)46-70(64)76,77-41-17-35-65-59-29-11-5-23-53(59)47-71(65)77)78-42-18-36-66-60-30-12-6-24-54(60)48-72(66)78/h1-42,79,82H,43-48H2. The Hall–Kier alpha value is -9.40. The summed E-state index contributed by atoms with van der Waals surface area (Å²) < 4.78 is 0. The zero-order chi connectivity index (χ0) is 53.8. The van der Waals surface area contributed by atoms with E-state index in [1.54, 1.807) is 0 Å². The third-order valence-electron chi connectivity index (χ3n) is 20.5. The molecular weight excluding hydrogens is 989 g/mol. The summed E-state index contributed by atoms with van der Waals surface area (Å²) in [6.45, 7) is 0. The first-order valence-corrected chi connectivity index (χ1v) is 29.5. The van der Waals surface area contributed by atoms with Crippen molar-refractivity contribution < 1.29 is 5.11 Å². The van der Waals surface area contributed by atoms with E-state index in [-0.39, 0.29) is 0 Å². The van der Waals surface area contributed by atoms with E-state index in [2.05, 4.69) is 255 Å². The molecule has 1 N–H and O–H groups in total. The van der Waals surface area contributed by atoms with Gasteiger partial charge in [-0.1, -0.05) is 255 Å². The Morgan fingerprint density at radius 2 is 0.354 bits per heavy atom. The van der Waals surface area contributed by atoms with Gasteiger partial charge in [-0.05, 0) is 205 Å². The van der Waals surface area contributed by atoms with Crippen LogP contribution in [0.15, 0.2) is 255 Å². The van der Waals surface area contributed by atoms with Crippen molar-refractivity contribution in [3.63, 3.8) is 0 Å². The lowest BCUT2D eigenvalue weighted by Crippen LogP contribution is -2.57. The van der Waals surface area contributed by atoms with Crippen LogP contribution in [0.3, 0.4) is 0 Å². The summed E-state index contributed by atoms with van der Waals surface area (Å²) in [7, 11) is 0. The minimum absolute atomic E-state index is 0.760. The Balaban J connectivity index is 1.07. The van der Waals surface area contributed by atoms with Gasteiger partial charge in [-0.15, -0.1) is 0 Å². The fourth-order valence-corrected chi connectivity index (χ4v) is 17.2. The van der Waals surface area contributed by atoms with Gasteiger partial charge in [0.15, 0.2) is 0 Å². The normalized spacial score (nSPS) is 14.0. The van der Waals surface area contributed by atoms with Crippen LogP contribution in [0.5, 0.6) is 0 Å². The predicted molar refractivity (Wildman–Crippen MR) is 334 cm³/mol. The molecule has 12 aromatic carbocycles. The molecule has 18 rings (SSSR count). The quantitative estimate of drug-likeness (QED) is 0.150. The van der Waals surface area contributed by atoms with Gasteiger partial charge in [-0.2, -0.15) is 0 Å². The van der Waals surface area contributed by atoms with Crippen LogP contribution in [0.25, 0.3) is 66.8 Å². The van der Waals surface area contributed by atoms with Crippen LogP contribution < -0.4 is 0 Å². The monoisotopic (exact) mass is 1040 g/mol. The molecule has 0 unspecified atom stereocenters. The maximum atomic E-state index is 16.9. The first kappa shape index (κ1) is 46.4. The second kappa shape index (κ2) is 17.3. The van der Waals surface area contributed by atoms with Crippen LogP contribution in [0.1, 0.15) is 100 Å². The van der Waals surface area contributed by atoms with Crippen LogP contribution in [-0.4, -0.2) is 11.2 Å². The Bertz CT molecular complexity index is 3970. The largest absolute Gasteiger partial charge is 0.390 e. The van der Waals surface area contributed by atoms with E-state index < -0.39 is 16.9 Å². The molecule has 0 heterocycles. The van der Waals surface area contributed by atoms with Crippen molar-refractivity contribution in [2.75, 3.05) is 0 Å². The lowest BCUT2D eigenvalue weighted by Gasteiger charge is -2.53. The molecule has 1 nitrogen and oxygen atoms in total. The van der Waals surface area contributed by atoms with Crippen molar-refractivity contribution in [2.24, 2.45) is 0 Å². The fourth-order valence-electron chi connectivity index (χ4n) is 17.2. The zero-order valence-corrected chi connectivity index (χ0v) is 45.5. The van der Waals surface area contributed by atoms with Gasteiger partial charge in [0.2, 0.25) is 0 Å². The van der Waals surface area contributed by atoms with Crippen LogP contribution in [0.4, 0.5) is 0 Å². The number of rotatable bonds is 8. The van der Waals surface area contributed by atoms with E-state index >= 15 is 5.11 Å². The highest BCUT2D eigenvalue weighted by Gasteiger charge is 2.61. The van der Waals surface area contributed by atoms with Crippen LogP contribution in [0, 0.1) is 0 Å². The van der Waals surface area contributed by atoms with Gasteiger partial charge in [-0.25, -0.2) is 0 Å². The molecule has 0 bridgehead atoms. The molecule has 0 saturated carbocycles. The Kier molecular flexibility index (Phi) is 9.78. The molecule has 0 amide bonds. The average molecular weight is 1050 g/mol. The van der Waals surface area contributed by atoms with Crippen molar-refractivity contribution in [1.29, 1.82) is 0 Å². The van der Waals surface area contributed by atoms with Crippen LogP contribution >= 0.6 is 0 Å².